The predicted molar refractivity (Wildman–Crippen MR) is 42.3 cm³/mol. The normalized spacial score (nSPS) is 34.1. The average Bonchev–Trinajstić information content (AvgIpc) is 1.85. The number of aliphatic hydroxyl groups is 1. The van der Waals surface area contributed by atoms with Crippen molar-refractivity contribution in [3.8, 4) is 0 Å². The molecule has 0 radical (unpaired) electrons. The van der Waals surface area contributed by atoms with Gasteiger partial charge in [-0.1, -0.05) is 0 Å². The van der Waals surface area contributed by atoms with Crippen molar-refractivity contribution in [3.05, 3.63) is 0 Å². The van der Waals surface area contributed by atoms with Crippen molar-refractivity contribution >= 4 is 0 Å². The van der Waals surface area contributed by atoms with Crippen LogP contribution in [-0.2, 0) is 0 Å². The SMILES string of the molecule is CC1(F)CCCN(CCO)C1. The van der Waals surface area contributed by atoms with Crippen LogP contribution in [-0.4, -0.2) is 41.9 Å². The number of β-amino-alcohol motifs (C(OH)–C–C–N with tert-alkyl or cyclic N) is 1. The highest BCUT2D eigenvalue weighted by atomic mass is 19.1. The van der Waals surface area contributed by atoms with Gasteiger partial charge in [0.2, 0.25) is 0 Å². The maximum atomic E-state index is 13.3. The van der Waals surface area contributed by atoms with E-state index in [1.54, 1.807) is 6.92 Å². The van der Waals surface area contributed by atoms with E-state index in [1.165, 1.54) is 0 Å². The zero-order chi connectivity index (χ0) is 8.32. The van der Waals surface area contributed by atoms with Gasteiger partial charge in [-0.05, 0) is 26.3 Å². The Morgan fingerprint density at radius 1 is 1.64 bits per heavy atom. The highest BCUT2D eigenvalue weighted by Crippen LogP contribution is 2.23. The molecule has 0 aromatic heterocycles. The molecule has 0 bridgehead atoms. The monoisotopic (exact) mass is 161 g/mol. The Morgan fingerprint density at radius 3 is 2.91 bits per heavy atom. The number of halogens is 1. The van der Waals surface area contributed by atoms with Gasteiger partial charge in [-0.2, -0.15) is 0 Å². The van der Waals surface area contributed by atoms with Crippen LogP contribution >= 0.6 is 0 Å². The van der Waals surface area contributed by atoms with Crippen LogP contribution < -0.4 is 0 Å². The Bertz CT molecular complexity index is 125. The van der Waals surface area contributed by atoms with Crippen LogP contribution in [0.15, 0.2) is 0 Å². The van der Waals surface area contributed by atoms with Crippen molar-refractivity contribution in [1.82, 2.24) is 4.90 Å². The van der Waals surface area contributed by atoms with E-state index in [9.17, 15) is 4.39 Å². The molecule has 66 valence electrons. The number of rotatable bonds is 2. The fourth-order valence-electron chi connectivity index (χ4n) is 1.63. The smallest absolute Gasteiger partial charge is 0.120 e. The molecule has 1 aliphatic rings. The quantitative estimate of drug-likeness (QED) is 0.647. The number of hydrogen-bond donors (Lipinski definition) is 1. The minimum absolute atomic E-state index is 0.135. The highest BCUT2D eigenvalue weighted by Gasteiger charge is 2.29. The molecule has 2 nitrogen and oxygen atoms in total. The third-order valence-electron chi connectivity index (χ3n) is 2.14. The molecule has 0 aliphatic carbocycles. The fourth-order valence-corrected chi connectivity index (χ4v) is 1.63. The first kappa shape index (κ1) is 8.94. The molecular formula is C8H16FNO. The van der Waals surface area contributed by atoms with Crippen LogP contribution in [0.25, 0.3) is 0 Å². The Labute approximate surface area is 67.0 Å². The summed E-state index contributed by atoms with van der Waals surface area (Å²) in [5, 5.41) is 8.62. The van der Waals surface area contributed by atoms with Gasteiger partial charge in [0.25, 0.3) is 0 Å². The van der Waals surface area contributed by atoms with E-state index in [0.717, 1.165) is 13.0 Å². The van der Waals surface area contributed by atoms with Gasteiger partial charge in [-0.15, -0.1) is 0 Å². The molecule has 1 atom stereocenters. The lowest BCUT2D eigenvalue weighted by molar-refractivity contribution is 0.0509. The molecule has 0 saturated carbocycles. The van der Waals surface area contributed by atoms with Gasteiger partial charge in [-0.25, -0.2) is 4.39 Å². The number of aliphatic hydroxyl groups excluding tert-OH is 1. The largest absolute Gasteiger partial charge is 0.395 e. The van der Waals surface area contributed by atoms with Crippen LogP contribution in [0.1, 0.15) is 19.8 Å². The van der Waals surface area contributed by atoms with E-state index in [-0.39, 0.29) is 6.61 Å². The fraction of sp³-hybridized carbons (Fsp3) is 1.00. The molecule has 1 aliphatic heterocycles. The van der Waals surface area contributed by atoms with Crippen molar-refractivity contribution < 1.29 is 9.50 Å². The molecule has 1 fully saturated rings. The molecule has 3 heteroatoms. The van der Waals surface area contributed by atoms with Crippen LogP contribution in [0.3, 0.4) is 0 Å². The number of likely N-dealkylation sites (tertiary alicyclic amines) is 1. The van der Waals surface area contributed by atoms with Crippen molar-refractivity contribution in [1.29, 1.82) is 0 Å². The topological polar surface area (TPSA) is 23.5 Å². The molecule has 1 saturated heterocycles. The van der Waals surface area contributed by atoms with Crippen LogP contribution in [0.2, 0.25) is 0 Å². The van der Waals surface area contributed by atoms with Gasteiger partial charge >= 0.3 is 0 Å². The second-order valence-electron chi connectivity index (χ2n) is 3.52. The molecule has 0 amide bonds. The van der Waals surface area contributed by atoms with Gasteiger partial charge in [0.15, 0.2) is 0 Å². The summed E-state index contributed by atoms with van der Waals surface area (Å²) in [7, 11) is 0. The maximum Gasteiger partial charge on any atom is 0.120 e. The summed E-state index contributed by atoms with van der Waals surface area (Å²) < 4.78 is 13.3. The summed E-state index contributed by atoms with van der Waals surface area (Å²) in [6.07, 6.45) is 1.57. The molecule has 0 spiro atoms. The summed E-state index contributed by atoms with van der Waals surface area (Å²) in [5.41, 5.74) is -1.03. The van der Waals surface area contributed by atoms with Gasteiger partial charge < -0.3 is 5.11 Å². The molecule has 1 N–H and O–H groups in total. The third kappa shape index (κ3) is 2.75. The molecule has 0 aromatic carbocycles. The van der Waals surface area contributed by atoms with Crippen molar-refractivity contribution in [2.75, 3.05) is 26.2 Å². The molecular weight excluding hydrogens is 145 g/mol. The van der Waals surface area contributed by atoms with E-state index in [2.05, 4.69) is 0 Å². The Balaban J connectivity index is 2.34. The first-order valence-electron chi connectivity index (χ1n) is 4.16. The van der Waals surface area contributed by atoms with Gasteiger partial charge in [-0.3, -0.25) is 4.90 Å². The number of alkyl halides is 1. The lowest BCUT2D eigenvalue weighted by Gasteiger charge is -2.34. The van der Waals surface area contributed by atoms with Crippen molar-refractivity contribution in [2.24, 2.45) is 0 Å². The second kappa shape index (κ2) is 3.50. The van der Waals surface area contributed by atoms with Crippen molar-refractivity contribution in [2.45, 2.75) is 25.4 Å². The van der Waals surface area contributed by atoms with E-state index < -0.39 is 5.67 Å². The van der Waals surface area contributed by atoms with Gasteiger partial charge in [0.05, 0.1) is 6.61 Å². The summed E-state index contributed by atoms with van der Waals surface area (Å²) in [6.45, 7) is 3.79. The van der Waals surface area contributed by atoms with Crippen LogP contribution in [0, 0.1) is 0 Å². The molecule has 1 rings (SSSR count). The van der Waals surface area contributed by atoms with Crippen LogP contribution in [0.5, 0.6) is 0 Å². The first-order chi connectivity index (χ1) is 5.14. The van der Waals surface area contributed by atoms with E-state index >= 15 is 0 Å². The molecule has 0 aromatic rings. The maximum absolute atomic E-state index is 13.3. The summed E-state index contributed by atoms with van der Waals surface area (Å²) in [4.78, 5) is 1.98. The zero-order valence-corrected chi connectivity index (χ0v) is 7.02. The Morgan fingerprint density at radius 2 is 2.36 bits per heavy atom. The predicted octanol–water partition coefficient (Wildman–Crippen LogP) is 0.803. The van der Waals surface area contributed by atoms with E-state index in [1.807, 2.05) is 4.90 Å². The number of nitrogens with zero attached hydrogens (tertiary/aromatic N) is 1. The van der Waals surface area contributed by atoms with Crippen molar-refractivity contribution in [3.63, 3.8) is 0 Å². The van der Waals surface area contributed by atoms with E-state index in [0.29, 0.717) is 19.5 Å². The number of hydrogen-bond acceptors (Lipinski definition) is 2. The standard InChI is InChI=1S/C8H16FNO/c1-8(9)3-2-4-10(7-8)5-6-11/h11H,2-7H2,1H3. The highest BCUT2D eigenvalue weighted by molar-refractivity contribution is 4.82. The molecule has 11 heavy (non-hydrogen) atoms. The summed E-state index contributed by atoms with van der Waals surface area (Å²) >= 11 is 0. The second-order valence-corrected chi connectivity index (χ2v) is 3.52. The minimum Gasteiger partial charge on any atom is -0.395 e. The summed E-state index contributed by atoms with van der Waals surface area (Å²) in [6, 6.07) is 0. The van der Waals surface area contributed by atoms with Gasteiger partial charge in [0, 0.05) is 13.1 Å². The molecule has 1 unspecified atom stereocenters. The Kier molecular flexibility index (Phi) is 2.84. The molecule has 1 heterocycles. The van der Waals surface area contributed by atoms with E-state index in [4.69, 9.17) is 5.11 Å². The Hall–Kier alpha value is -0.150. The van der Waals surface area contributed by atoms with Gasteiger partial charge in [0.1, 0.15) is 5.67 Å². The van der Waals surface area contributed by atoms with Crippen LogP contribution in [0.4, 0.5) is 4.39 Å². The number of piperidine rings is 1. The third-order valence-corrected chi connectivity index (χ3v) is 2.14. The summed E-state index contributed by atoms with van der Waals surface area (Å²) in [5.74, 6) is 0. The average molecular weight is 161 g/mol. The lowest BCUT2D eigenvalue weighted by Crippen LogP contribution is -2.44. The zero-order valence-electron chi connectivity index (χ0n) is 7.02. The minimum atomic E-state index is -1.03. The lowest BCUT2D eigenvalue weighted by atomic mass is 9.97. The first-order valence-corrected chi connectivity index (χ1v) is 4.16.